The smallest absolute Gasteiger partial charge is 0.365 e. The van der Waals surface area contributed by atoms with Crippen LogP contribution in [0.4, 0.5) is 27.6 Å². The quantitative estimate of drug-likeness (QED) is 0.351. The van der Waals surface area contributed by atoms with Gasteiger partial charge in [-0.05, 0) is 18.6 Å². The number of anilines is 1. The summed E-state index contributed by atoms with van der Waals surface area (Å²) in [6.45, 7) is 1.62. The zero-order valence-electron chi connectivity index (χ0n) is 18.5. The first-order valence-corrected chi connectivity index (χ1v) is 11.1. The van der Waals surface area contributed by atoms with E-state index in [4.69, 9.17) is 17.3 Å². The number of thiophene rings is 1. The zero-order chi connectivity index (χ0) is 26.7. The number of hydrogen-bond donors (Lipinski definition) is 2. The first kappa shape index (κ1) is 25.5. The summed E-state index contributed by atoms with van der Waals surface area (Å²) in [6, 6.07) is 1.09. The van der Waals surface area contributed by atoms with Crippen molar-refractivity contribution in [3.8, 4) is 11.1 Å². The molecule has 0 aliphatic carbocycles. The van der Waals surface area contributed by atoms with Crippen LogP contribution in [0.15, 0.2) is 12.3 Å². The number of pyridine rings is 1. The first-order valence-electron chi connectivity index (χ1n) is 9.87. The Kier molecular flexibility index (Phi) is 6.24. The Bertz CT molecular complexity index is 1540. The fourth-order valence-electron chi connectivity index (χ4n) is 3.70. The number of nitrogens with zero attached hydrogens (tertiary/aromatic N) is 5. The summed E-state index contributed by atoms with van der Waals surface area (Å²) in [5, 5.41) is 8.95. The summed E-state index contributed by atoms with van der Waals surface area (Å²) in [4.78, 5) is 28.9. The molecule has 4 aromatic rings. The van der Waals surface area contributed by atoms with Crippen molar-refractivity contribution in [2.24, 2.45) is 19.8 Å². The van der Waals surface area contributed by atoms with Crippen molar-refractivity contribution in [1.82, 2.24) is 24.5 Å². The van der Waals surface area contributed by atoms with Crippen LogP contribution in [0.1, 0.15) is 43.7 Å². The monoisotopic (exact) mass is 547 g/mol. The highest BCUT2D eigenvalue weighted by Gasteiger charge is 2.40. The third-order valence-electron chi connectivity index (χ3n) is 5.14. The molecular formula is C20H15ClF5N7O2S. The van der Waals surface area contributed by atoms with E-state index >= 15 is 0 Å². The second-order valence-corrected chi connectivity index (χ2v) is 9.01. The molecule has 0 bridgehead atoms. The number of alkyl halides is 5. The number of amides is 2. The van der Waals surface area contributed by atoms with E-state index in [2.05, 4.69) is 20.5 Å². The highest BCUT2D eigenvalue weighted by atomic mass is 35.5. The molecule has 0 radical (unpaired) electrons. The van der Waals surface area contributed by atoms with Crippen LogP contribution in [-0.2, 0) is 20.3 Å². The standard InChI is InChI=1S/C20H15ClF5N7O2S/c1-6-8(5-32(2)30-6)7-4-9(16(22)23)28-19-10(7)12(14(36-19)17(27)34)29-18(35)13-11(21)15(20(24,25)26)31-33(13)3/h4-5,16H,1-3H3,(H2,27,34)(H,29,35). The van der Waals surface area contributed by atoms with E-state index in [-0.39, 0.29) is 26.3 Å². The van der Waals surface area contributed by atoms with Crippen molar-refractivity contribution < 1.29 is 31.5 Å². The number of aryl methyl sites for hydroxylation is 3. The zero-order valence-corrected chi connectivity index (χ0v) is 20.1. The van der Waals surface area contributed by atoms with Gasteiger partial charge in [0.2, 0.25) is 0 Å². The molecule has 0 aliphatic rings. The third-order valence-corrected chi connectivity index (χ3v) is 6.60. The Morgan fingerprint density at radius 3 is 2.36 bits per heavy atom. The molecule has 0 spiro atoms. The van der Waals surface area contributed by atoms with Gasteiger partial charge in [0.1, 0.15) is 26.1 Å². The Morgan fingerprint density at radius 1 is 1.19 bits per heavy atom. The number of nitrogens with one attached hydrogen (secondary N) is 1. The van der Waals surface area contributed by atoms with Crippen LogP contribution < -0.4 is 11.1 Å². The fraction of sp³-hybridized carbons (Fsp3) is 0.250. The Labute approximate surface area is 207 Å². The highest BCUT2D eigenvalue weighted by Crippen LogP contribution is 2.43. The molecule has 0 aromatic carbocycles. The molecule has 4 rings (SSSR count). The van der Waals surface area contributed by atoms with Gasteiger partial charge in [-0.3, -0.25) is 19.0 Å². The number of halogens is 6. The molecule has 36 heavy (non-hydrogen) atoms. The summed E-state index contributed by atoms with van der Waals surface area (Å²) in [5.74, 6) is -2.16. The van der Waals surface area contributed by atoms with Gasteiger partial charge in [0.05, 0.1) is 11.4 Å². The Morgan fingerprint density at radius 2 is 1.86 bits per heavy atom. The molecule has 190 valence electrons. The summed E-state index contributed by atoms with van der Waals surface area (Å²) in [6.07, 6.45) is -6.35. The van der Waals surface area contributed by atoms with Gasteiger partial charge in [-0.1, -0.05) is 11.6 Å². The lowest BCUT2D eigenvalue weighted by molar-refractivity contribution is -0.141. The molecule has 4 heterocycles. The van der Waals surface area contributed by atoms with Gasteiger partial charge in [-0.2, -0.15) is 23.4 Å². The average Bonchev–Trinajstić information content (AvgIpc) is 3.39. The first-order chi connectivity index (χ1) is 16.7. The number of nitrogens with two attached hydrogens (primary N) is 1. The lowest BCUT2D eigenvalue weighted by Crippen LogP contribution is -2.19. The third kappa shape index (κ3) is 4.28. The maximum Gasteiger partial charge on any atom is 0.436 e. The van der Waals surface area contributed by atoms with Crippen LogP contribution >= 0.6 is 22.9 Å². The molecule has 2 amide bonds. The van der Waals surface area contributed by atoms with Crippen molar-refractivity contribution in [1.29, 1.82) is 0 Å². The largest absolute Gasteiger partial charge is 0.436 e. The average molecular weight is 548 g/mol. The van der Waals surface area contributed by atoms with E-state index in [9.17, 15) is 31.5 Å². The lowest BCUT2D eigenvalue weighted by Gasteiger charge is -2.11. The summed E-state index contributed by atoms with van der Waals surface area (Å²) in [5.41, 5.74) is 3.54. The summed E-state index contributed by atoms with van der Waals surface area (Å²) < 4.78 is 69.0. The van der Waals surface area contributed by atoms with Gasteiger partial charge in [0, 0.05) is 31.2 Å². The summed E-state index contributed by atoms with van der Waals surface area (Å²) >= 11 is 6.46. The van der Waals surface area contributed by atoms with E-state index < -0.39 is 46.5 Å². The number of rotatable bonds is 5. The number of primary amides is 1. The number of hydrogen-bond acceptors (Lipinski definition) is 6. The second-order valence-electron chi connectivity index (χ2n) is 7.63. The lowest BCUT2D eigenvalue weighted by atomic mass is 10.0. The van der Waals surface area contributed by atoms with Crippen molar-refractivity contribution in [3.63, 3.8) is 0 Å². The Balaban J connectivity index is 1.97. The molecule has 3 N–H and O–H groups in total. The van der Waals surface area contributed by atoms with E-state index in [0.29, 0.717) is 27.3 Å². The van der Waals surface area contributed by atoms with Crippen molar-refractivity contribution in [3.05, 3.63) is 44.9 Å². The van der Waals surface area contributed by atoms with Crippen LogP contribution in [0.5, 0.6) is 0 Å². The second kappa shape index (κ2) is 8.81. The van der Waals surface area contributed by atoms with Crippen molar-refractivity contribution in [2.45, 2.75) is 19.5 Å². The number of aromatic nitrogens is 5. The van der Waals surface area contributed by atoms with E-state index in [1.807, 2.05) is 0 Å². The minimum absolute atomic E-state index is 0.0535. The molecule has 0 atom stereocenters. The van der Waals surface area contributed by atoms with E-state index in [1.54, 1.807) is 20.2 Å². The minimum atomic E-state index is -4.93. The van der Waals surface area contributed by atoms with Crippen LogP contribution in [0.2, 0.25) is 5.02 Å². The van der Waals surface area contributed by atoms with Gasteiger partial charge >= 0.3 is 6.18 Å². The van der Waals surface area contributed by atoms with Gasteiger partial charge in [0.25, 0.3) is 18.2 Å². The molecule has 4 aromatic heterocycles. The van der Waals surface area contributed by atoms with Crippen LogP contribution in [-0.4, -0.2) is 36.4 Å². The normalized spacial score (nSPS) is 12.1. The van der Waals surface area contributed by atoms with E-state index in [0.717, 1.165) is 13.1 Å². The molecule has 9 nitrogen and oxygen atoms in total. The van der Waals surface area contributed by atoms with Gasteiger partial charge < -0.3 is 11.1 Å². The van der Waals surface area contributed by atoms with Gasteiger partial charge in [0.15, 0.2) is 5.69 Å². The van der Waals surface area contributed by atoms with Crippen LogP contribution in [0.25, 0.3) is 21.3 Å². The maximum atomic E-state index is 13.6. The highest BCUT2D eigenvalue weighted by molar-refractivity contribution is 7.21. The van der Waals surface area contributed by atoms with Crippen LogP contribution in [0, 0.1) is 6.92 Å². The Hall–Kier alpha value is -3.59. The van der Waals surface area contributed by atoms with E-state index in [1.165, 1.54) is 4.68 Å². The molecule has 0 saturated carbocycles. The topological polar surface area (TPSA) is 121 Å². The molecule has 0 saturated heterocycles. The van der Waals surface area contributed by atoms with Crippen molar-refractivity contribution in [2.75, 3.05) is 5.32 Å². The van der Waals surface area contributed by atoms with Crippen LogP contribution in [0.3, 0.4) is 0 Å². The predicted octanol–water partition coefficient (Wildman–Crippen LogP) is 4.70. The maximum absolute atomic E-state index is 13.6. The number of fused-ring (bicyclic) bond motifs is 1. The van der Waals surface area contributed by atoms with Gasteiger partial charge in [-0.15, -0.1) is 11.3 Å². The fourth-order valence-corrected chi connectivity index (χ4v) is 5.06. The van der Waals surface area contributed by atoms with Crippen molar-refractivity contribution >= 4 is 50.7 Å². The predicted molar refractivity (Wildman–Crippen MR) is 121 cm³/mol. The summed E-state index contributed by atoms with van der Waals surface area (Å²) in [7, 11) is 2.69. The minimum Gasteiger partial charge on any atom is -0.365 e. The molecule has 16 heteroatoms. The number of carbonyl (C=O) groups excluding carboxylic acids is 2. The molecular weight excluding hydrogens is 533 g/mol. The molecule has 0 aliphatic heterocycles. The molecule has 0 fully saturated rings. The molecule has 0 unspecified atom stereocenters. The number of carbonyl (C=O) groups is 2. The van der Waals surface area contributed by atoms with Gasteiger partial charge in [-0.25, -0.2) is 13.8 Å². The SMILES string of the molecule is Cc1nn(C)cc1-c1cc(C(F)F)nc2sc(C(N)=O)c(NC(=O)c3c(Cl)c(C(F)(F)F)nn3C)c12.